The summed E-state index contributed by atoms with van der Waals surface area (Å²) < 4.78 is 1.77. The van der Waals surface area contributed by atoms with Crippen LogP contribution in [0.1, 0.15) is 18.1 Å². The van der Waals surface area contributed by atoms with E-state index in [4.69, 9.17) is 0 Å². The number of aryl methyl sites for hydroxylation is 3. The van der Waals surface area contributed by atoms with Gasteiger partial charge in [0.1, 0.15) is 6.33 Å². The summed E-state index contributed by atoms with van der Waals surface area (Å²) in [5.41, 5.74) is 4.58. The predicted octanol–water partition coefficient (Wildman–Crippen LogP) is 1.62. The molecule has 0 radical (unpaired) electrons. The SMILES string of the molecule is CCn1nnc2c(N3CCN(CC(=O)Nc4cc(C)ccc4C)CC3)ncnc21. The smallest absolute Gasteiger partial charge is 0.238 e. The highest BCUT2D eigenvalue weighted by atomic mass is 16.2. The van der Waals surface area contributed by atoms with Crippen LogP contribution in [0, 0.1) is 13.8 Å². The minimum atomic E-state index is 0.0162. The Morgan fingerprint density at radius 1 is 1.14 bits per heavy atom. The summed E-state index contributed by atoms with van der Waals surface area (Å²) in [5, 5.41) is 11.5. The molecule has 2 aromatic heterocycles. The Morgan fingerprint density at radius 2 is 1.93 bits per heavy atom. The van der Waals surface area contributed by atoms with Crippen molar-refractivity contribution in [3.05, 3.63) is 35.7 Å². The summed E-state index contributed by atoms with van der Waals surface area (Å²) in [6, 6.07) is 6.09. The number of anilines is 2. The lowest BCUT2D eigenvalue weighted by molar-refractivity contribution is -0.117. The third kappa shape index (κ3) is 4.04. The highest BCUT2D eigenvalue weighted by molar-refractivity contribution is 5.93. The molecule has 0 aliphatic carbocycles. The first-order chi connectivity index (χ1) is 14.0. The molecule has 1 aliphatic rings. The zero-order valence-corrected chi connectivity index (χ0v) is 17.1. The molecule has 29 heavy (non-hydrogen) atoms. The van der Waals surface area contributed by atoms with Crippen LogP contribution in [0.3, 0.4) is 0 Å². The Hall–Kier alpha value is -3.07. The van der Waals surface area contributed by atoms with E-state index in [1.54, 1.807) is 11.0 Å². The van der Waals surface area contributed by atoms with Crippen LogP contribution in [0.25, 0.3) is 11.2 Å². The van der Waals surface area contributed by atoms with E-state index in [-0.39, 0.29) is 5.91 Å². The van der Waals surface area contributed by atoms with Crippen molar-refractivity contribution in [3.63, 3.8) is 0 Å². The van der Waals surface area contributed by atoms with E-state index in [0.29, 0.717) is 6.54 Å². The second-order valence-corrected chi connectivity index (χ2v) is 7.40. The lowest BCUT2D eigenvalue weighted by Gasteiger charge is -2.34. The van der Waals surface area contributed by atoms with E-state index < -0.39 is 0 Å². The van der Waals surface area contributed by atoms with Gasteiger partial charge in [-0.1, -0.05) is 17.3 Å². The lowest BCUT2D eigenvalue weighted by atomic mass is 10.1. The minimum absolute atomic E-state index is 0.0162. The van der Waals surface area contributed by atoms with E-state index in [0.717, 1.165) is 66.5 Å². The third-order valence-corrected chi connectivity index (χ3v) is 5.29. The van der Waals surface area contributed by atoms with E-state index in [1.807, 2.05) is 39.0 Å². The summed E-state index contributed by atoms with van der Waals surface area (Å²) in [4.78, 5) is 25.6. The molecule has 0 saturated carbocycles. The molecular formula is C20H26N8O. The van der Waals surface area contributed by atoms with Gasteiger partial charge in [0.15, 0.2) is 17.0 Å². The van der Waals surface area contributed by atoms with Gasteiger partial charge in [0, 0.05) is 38.4 Å². The molecule has 9 heteroatoms. The van der Waals surface area contributed by atoms with Crippen molar-refractivity contribution in [1.29, 1.82) is 0 Å². The fourth-order valence-electron chi connectivity index (χ4n) is 3.61. The van der Waals surface area contributed by atoms with Gasteiger partial charge in [-0.15, -0.1) is 5.10 Å². The van der Waals surface area contributed by atoms with Gasteiger partial charge in [0.2, 0.25) is 5.91 Å². The Bertz CT molecular complexity index is 1020. The normalized spacial score (nSPS) is 15.1. The van der Waals surface area contributed by atoms with Crippen molar-refractivity contribution >= 4 is 28.6 Å². The number of hydrogen-bond donors (Lipinski definition) is 1. The molecule has 1 amide bonds. The van der Waals surface area contributed by atoms with Gasteiger partial charge in [0.05, 0.1) is 6.54 Å². The van der Waals surface area contributed by atoms with Gasteiger partial charge in [-0.05, 0) is 38.0 Å². The molecule has 3 heterocycles. The number of benzene rings is 1. The number of aromatic nitrogens is 5. The molecule has 0 bridgehead atoms. The van der Waals surface area contributed by atoms with Crippen LogP contribution < -0.4 is 10.2 Å². The molecular weight excluding hydrogens is 368 g/mol. The highest BCUT2D eigenvalue weighted by Crippen LogP contribution is 2.22. The maximum absolute atomic E-state index is 12.5. The maximum atomic E-state index is 12.5. The number of carbonyl (C=O) groups excluding carboxylic acids is 1. The fraction of sp³-hybridized carbons (Fsp3) is 0.450. The molecule has 0 unspecified atom stereocenters. The van der Waals surface area contributed by atoms with Crippen LogP contribution in [-0.4, -0.2) is 68.5 Å². The van der Waals surface area contributed by atoms with Crippen LogP contribution in [0.2, 0.25) is 0 Å². The summed E-state index contributed by atoms with van der Waals surface area (Å²) in [7, 11) is 0. The standard InChI is InChI=1S/C20H26N8O/c1-4-28-20-18(24-25-28)19(21-13-22-20)27-9-7-26(8-10-27)12-17(29)23-16-11-14(2)5-6-15(16)3/h5-6,11,13H,4,7-10,12H2,1-3H3,(H,23,29). The monoisotopic (exact) mass is 394 g/mol. The summed E-state index contributed by atoms with van der Waals surface area (Å²) in [6.45, 7) is 10.3. The number of rotatable bonds is 5. The quantitative estimate of drug-likeness (QED) is 0.703. The summed E-state index contributed by atoms with van der Waals surface area (Å²) in [5.74, 6) is 0.830. The number of fused-ring (bicyclic) bond motifs is 1. The summed E-state index contributed by atoms with van der Waals surface area (Å²) in [6.07, 6.45) is 1.57. The number of nitrogens with one attached hydrogen (secondary N) is 1. The molecule has 0 spiro atoms. The Morgan fingerprint density at radius 3 is 2.69 bits per heavy atom. The molecule has 3 aromatic rings. The number of hydrogen-bond acceptors (Lipinski definition) is 7. The molecule has 9 nitrogen and oxygen atoms in total. The lowest BCUT2D eigenvalue weighted by Crippen LogP contribution is -2.49. The molecule has 1 N–H and O–H groups in total. The number of amides is 1. The number of piperazine rings is 1. The zero-order chi connectivity index (χ0) is 20.4. The molecule has 152 valence electrons. The van der Waals surface area contributed by atoms with Crippen molar-refractivity contribution in [2.75, 3.05) is 42.9 Å². The molecule has 1 aliphatic heterocycles. The first kappa shape index (κ1) is 19.3. The third-order valence-electron chi connectivity index (χ3n) is 5.29. The molecule has 1 fully saturated rings. The van der Waals surface area contributed by atoms with Crippen molar-refractivity contribution in [1.82, 2.24) is 29.9 Å². The Balaban J connectivity index is 1.37. The van der Waals surface area contributed by atoms with E-state index in [1.165, 1.54) is 0 Å². The van der Waals surface area contributed by atoms with Crippen LogP contribution >= 0.6 is 0 Å². The van der Waals surface area contributed by atoms with Crippen LogP contribution in [0.15, 0.2) is 24.5 Å². The van der Waals surface area contributed by atoms with E-state index in [9.17, 15) is 4.79 Å². The maximum Gasteiger partial charge on any atom is 0.238 e. The van der Waals surface area contributed by atoms with Crippen LogP contribution in [0.4, 0.5) is 11.5 Å². The van der Waals surface area contributed by atoms with E-state index in [2.05, 4.69) is 35.4 Å². The van der Waals surface area contributed by atoms with Crippen molar-refractivity contribution in [2.45, 2.75) is 27.3 Å². The molecule has 4 rings (SSSR count). The largest absolute Gasteiger partial charge is 0.352 e. The van der Waals surface area contributed by atoms with Crippen molar-refractivity contribution < 1.29 is 4.79 Å². The topological polar surface area (TPSA) is 92.1 Å². The van der Waals surface area contributed by atoms with Gasteiger partial charge in [-0.2, -0.15) is 0 Å². The number of nitrogens with zero attached hydrogens (tertiary/aromatic N) is 7. The molecule has 0 atom stereocenters. The first-order valence-corrected chi connectivity index (χ1v) is 9.93. The fourth-order valence-corrected chi connectivity index (χ4v) is 3.61. The molecule has 1 saturated heterocycles. The minimum Gasteiger partial charge on any atom is -0.352 e. The van der Waals surface area contributed by atoms with Gasteiger partial charge >= 0.3 is 0 Å². The van der Waals surface area contributed by atoms with Gasteiger partial charge < -0.3 is 10.2 Å². The summed E-state index contributed by atoms with van der Waals surface area (Å²) >= 11 is 0. The van der Waals surface area contributed by atoms with Crippen molar-refractivity contribution in [2.24, 2.45) is 0 Å². The van der Waals surface area contributed by atoms with Gasteiger partial charge in [0.25, 0.3) is 0 Å². The average Bonchev–Trinajstić information content (AvgIpc) is 3.15. The molecule has 1 aromatic carbocycles. The first-order valence-electron chi connectivity index (χ1n) is 9.93. The van der Waals surface area contributed by atoms with Crippen LogP contribution in [-0.2, 0) is 11.3 Å². The predicted molar refractivity (Wildman–Crippen MR) is 112 cm³/mol. The second kappa shape index (κ2) is 8.12. The van der Waals surface area contributed by atoms with Gasteiger partial charge in [-0.3, -0.25) is 9.69 Å². The highest BCUT2D eigenvalue weighted by Gasteiger charge is 2.23. The zero-order valence-electron chi connectivity index (χ0n) is 17.1. The van der Waals surface area contributed by atoms with Crippen LogP contribution in [0.5, 0.6) is 0 Å². The second-order valence-electron chi connectivity index (χ2n) is 7.40. The number of carbonyl (C=O) groups is 1. The van der Waals surface area contributed by atoms with E-state index >= 15 is 0 Å². The van der Waals surface area contributed by atoms with Crippen molar-refractivity contribution in [3.8, 4) is 0 Å². The Kier molecular flexibility index (Phi) is 5.39. The average molecular weight is 394 g/mol. The Labute approximate surface area is 169 Å². The van der Waals surface area contributed by atoms with Gasteiger partial charge in [-0.25, -0.2) is 14.6 Å².